The molecule has 0 saturated carbocycles. The van der Waals surface area contributed by atoms with Crippen LogP contribution in [0.4, 0.5) is 0 Å². The zero-order valence-corrected chi connectivity index (χ0v) is 18.0. The van der Waals surface area contributed by atoms with E-state index in [9.17, 15) is 0 Å². The van der Waals surface area contributed by atoms with Crippen LogP contribution in [0.3, 0.4) is 0 Å². The van der Waals surface area contributed by atoms with E-state index in [0.29, 0.717) is 5.92 Å². The predicted octanol–water partition coefficient (Wildman–Crippen LogP) is 4.64. The van der Waals surface area contributed by atoms with Gasteiger partial charge in [0.15, 0.2) is 0 Å². The van der Waals surface area contributed by atoms with Crippen molar-refractivity contribution in [2.45, 2.75) is 57.2 Å². The molecule has 1 rings (SSSR count). The topological polar surface area (TPSA) is 27.7 Å². The second kappa shape index (κ2) is 12.2. The van der Waals surface area contributed by atoms with Crippen LogP contribution in [0.2, 0.25) is 18.1 Å². The first-order chi connectivity index (χ1) is 11.6. The van der Waals surface area contributed by atoms with Gasteiger partial charge in [0, 0.05) is 46.0 Å². The summed E-state index contributed by atoms with van der Waals surface area (Å²) in [6.45, 7) is 7.18. The van der Waals surface area contributed by atoms with Crippen molar-refractivity contribution < 1.29 is 14.2 Å². The van der Waals surface area contributed by atoms with Gasteiger partial charge in [-0.25, -0.2) is 0 Å². The first-order valence-electron chi connectivity index (χ1n) is 9.16. The maximum Gasteiger partial charge on any atom is 0.0997 e. The maximum atomic E-state index is 5.34. The zero-order valence-electron chi connectivity index (χ0n) is 16.2. The van der Waals surface area contributed by atoms with E-state index in [0.717, 1.165) is 39.1 Å². The van der Waals surface area contributed by atoms with Gasteiger partial charge in [0.1, 0.15) is 0 Å². The second-order valence-electron chi connectivity index (χ2n) is 6.93. The molecule has 3 nitrogen and oxygen atoms in total. The Labute approximate surface area is 153 Å². The van der Waals surface area contributed by atoms with E-state index in [4.69, 9.17) is 14.2 Å². The quantitative estimate of drug-likeness (QED) is 0.352. The van der Waals surface area contributed by atoms with Crippen LogP contribution in [0, 0.1) is 0 Å². The van der Waals surface area contributed by atoms with Crippen molar-refractivity contribution in [1.29, 1.82) is 0 Å². The molecule has 0 N–H and O–H groups in total. The minimum absolute atomic E-state index is 0.618. The van der Waals surface area contributed by atoms with Crippen molar-refractivity contribution in [3.8, 4) is 0 Å². The molecule has 0 fully saturated rings. The van der Waals surface area contributed by atoms with Crippen molar-refractivity contribution >= 4 is 23.9 Å². The van der Waals surface area contributed by atoms with E-state index < -0.39 is 8.07 Å². The molecule has 1 aromatic rings. The molecule has 0 spiro atoms. The average molecular weight is 373 g/mol. The van der Waals surface area contributed by atoms with E-state index in [1.807, 2.05) is 0 Å². The average Bonchev–Trinajstić information content (AvgIpc) is 3.06. The predicted molar refractivity (Wildman–Crippen MR) is 108 cm³/mol. The second-order valence-corrected chi connectivity index (χ2v) is 13.0. The molecule has 1 heterocycles. The van der Waals surface area contributed by atoms with Gasteiger partial charge in [-0.2, -0.15) is 0 Å². The normalized spacial score (nSPS) is 12.2. The van der Waals surface area contributed by atoms with Crippen LogP contribution in [-0.2, 0) is 14.2 Å². The molecule has 0 atom stereocenters. The summed E-state index contributed by atoms with van der Waals surface area (Å²) < 4.78 is 17.7. The lowest BCUT2D eigenvalue weighted by Gasteiger charge is -2.31. The summed E-state index contributed by atoms with van der Waals surface area (Å²) in [6, 6.07) is 8.72. The number of methoxy groups -OCH3 is 3. The highest BCUT2D eigenvalue weighted by molar-refractivity contribution is 7.27. The lowest BCUT2D eigenvalue weighted by Crippen LogP contribution is -2.46. The molecule has 24 heavy (non-hydrogen) atoms. The van der Waals surface area contributed by atoms with Gasteiger partial charge in [-0.05, 0) is 35.7 Å². The summed E-state index contributed by atoms with van der Waals surface area (Å²) in [5.74, 6) is 0.618. The van der Waals surface area contributed by atoms with E-state index in [1.165, 1.54) is 23.0 Å². The zero-order chi connectivity index (χ0) is 17.8. The fraction of sp³-hybridized carbons (Fsp3) is 0.789. The highest BCUT2D eigenvalue weighted by Crippen LogP contribution is 2.31. The maximum absolute atomic E-state index is 5.34. The van der Waals surface area contributed by atoms with Crippen molar-refractivity contribution in [1.82, 2.24) is 0 Å². The number of rotatable bonds is 14. The summed E-state index contributed by atoms with van der Waals surface area (Å²) in [5, 5.41) is 0. The Hall–Kier alpha value is -0.203. The molecular formula is C19H36O3SSi. The summed E-state index contributed by atoms with van der Waals surface area (Å²) in [4.78, 5) is 1.52. The highest BCUT2D eigenvalue weighted by atomic mass is 32.1. The smallest absolute Gasteiger partial charge is 0.0997 e. The van der Waals surface area contributed by atoms with Gasteiger partial charge in [-0.15, -0.1) is 11.3 Å². The molecule has 0 amide bonds. The van der Waals surface area contributed by atoms with Gasteiger partial charge in [0.2, 0.25) is 0 Å². The lowest BCUT2D eigenvalue weighted by molar-refractivity contribution is 0.195. The van der Waals surface area contributed by atoms with E-state index in [-0.39, 0.29) is 0 Å². The Balaban J connectivity index is 2.99. The molecule has 0 radical (unpaired) electrons. The first-order valence-corrected chi connectivity index (χ1v) is 12.6. The molecule has 1 aromatic heterocycles. The van der Waals surface area contributed by atoms with Crippen molar-refractivity contribution in [3.63, 3.8) is 0 Å². The Kier molecular flexibility index (Phi) is 11.1. The summed E-state index contributed by atoms with van der Waals surface area (Å²) in [5.41, 5.74) is 0. The third kappa shape index (κ3) is 6.96. The van der Waals surface area contributed by atoms with E-state index in [2.05, 4.69) is 37.3 Å². The van der Waals surface area contributed by atoms with E-state index >= 15 is 0 Å². The SMILES string of the molecule is COCCC[Si](CCCOC)(CCCOC)c1ccc(C(C)C)s1. The Morgan fingerprint density at radius 3 is 1.62 bits per heavy atom. The van der Waals surface area contributed by atoms with Crippen LogP contribution in [0.25, 0.3) is 0 Å². The molecular weight excluding hydrogens is 336 g/mol. The molecule has 0 bridgehead atoms. The molecule has 140 valence electrons. The Morgan fingerprint density at radius 2 is 1.29 bits per heavy atom. The van der Waals surface area contributed by atoms with E-state index in [1.54, 1.807) is 25.8 Å². The van der Waals surface area contributed by atoms with Gasteiger partial charge in [-0.3, -0.25) is 0 Å². The van der Waals surface area contributed by atoms with Crippen LogP contribution in [0.15, 0.2) is 12.1 Å². The number of hydrogen-bond donors (Lipinski definition) is 0. The van der Waals surface area contributed by atoms with Gasteiger partial charge in [0.25, 0.3) is 0 Å². The minimum atomic E-state index is -1.53. The first kappa shape index (κ1) is 21.8. The Bertz CT molecular complexity index is 407. The van der Waals surface area contributed by atoms with Gasteiger partial charge in [0.05, 0.1) is 8.07 Å². The number of thiophene rings is 1. The summed E-state index contributed by atoms with van der Waals surface area (Å²) in [6.07, 6.45) is 3.49. The largest absolute Gasteiger partial charge is 0.385 e. The van der Waals surface area contributed by atoms with Gasteiger partial charge in [-0.1, -0.05) is 38.0 Å². The molecule has 0 aliphatic carbocycles. The van der Waals surface area contributed by atoms with Crippen LogP contribution < -0.4 is 4.50 Å². The monoisotopic (exact) mass is 372 g/mol. The molecule has 5 heteroatoms. The number of ether oxygens (including phenoxy) is 3. The van der Waals surface area contributed by atoms with Crippen LogP contribution >= 0.6 is 11.3 Å². The van der Waals surface area contributed by atoms with Crippen molar-refractivity contribution in [3.05, 3.63) is 17.0 Å². The summed E-state index contributed by atoms with van der Waals surface area (Å²) in [7, 11) is 3.89. The van der Waals surface area contributed by atoms with Gasteiger partial charge < -0.3 is 14.2 Å². The lowest BCUT2D eigenvalue weighted by atomic mass is 10.2. The molecule has 0 aromatic carbocycles. The molecule has 0 unspecified atom stereocenters. The Morgan fingerprint density at radius 1 is 0.833 bits per heavy atom. The van der Waals surface area contributed by atoms with Gasteiger partial charge >= 0.3 is 0 Å². The van der Waals surface area contributed by atoms with Crippen LogP contribution in [0.5, 0.6) is 0 Å². The van der Waals surface area contributed by atoms with Crippen molar-refractivity contribution in [2.75, 3.05) is 41.2 Å². The third-order valence-electron chi connectivity index (χ3n) is 4.73. The van der Waals surface area contributed by atoms with Crippen molar-refractivity contribution in [2.24, 2.45) is 0 Å². The third-order valence-corrected chi connectivity index (χ3v) is 12.7. The molecule has 0 aliphatic rings. The minimum Gasteiger partial charge on any atom is -0.385 e. The van der Waals surface area contributed by atoms with Crippen LogP contribution in [0.1, 0.15) is 43.9 Å². The molecule has 0 saturated heterocycles. The summed E-state index contributed by atoms with van der Waals surface area (Å²) >= 11 is 2.06. The fourth-order valence-electron chi connectivity index (χ4n) is 3.36. The number of hydrogen-bond acceptors (Lipinski definition) is 4. The van der Waals surface area contributed by atoms with Crippen LogP contribution in [-0.4, -0.2) is 49.2 Å². The highest BCUT2D eigenvalue weighted by Gasteiger charge is 2.35. The molecule has 0 aliphatic heterocycles. The fourth-order valence-corrected chi connectivity index (χ4v) is 10.6. The standard InChI is InChI=1S/C19H36O3SSi/c1-17(2)18-9-10-19(23-18)24(14-6-11-20-3,15-7-12-21-4)16-8-13-22-5/h9-10,17H,6-8,11-16H2,1-5H3.